The van der Waals surface area contributed by atoms with Crippen molar-refractivity contribution in [3.8, 4) is 0 Å². The standard InChI is InChI=1S/C19H21N3O2S/c23-17(22-13-4-5-14-22)10-12-20-18(24)16-9-6-11-21-19(16)25-15-7-2-1-3-8-15/h1-3,6-9,11H,4-5,10,12-14H2,(H,20,24). The van der Waals surface area contributed by atoms with Crippen LogP contribution in [0.25, 0.3) is 0 Å². The predicted octanol–water partition coefficient (Wildman–Crippen LogP) is 2.98. The van der Waals surface area contributed by atoms with Crippen LogP contribution in [0.2, 0.25) is 0 Å². The lowest BCUT2D eigenvalue weighted by molar-refractivity contribution is -0.129. The minimum Gasteiger partial charge on any atom is -0.351 e. The molecule has 2 amide bonds. The number of amides is 2. The number of carbonyl (C=O) groups is 2. The molecule has 0 atom stereocenters. The minimum absolute atomic E-state index is 0.114. The monoisotopic (exact) mass is 355 g/mol. The van der Waals surface area contributed by atoms with Crippen molar-refractivity contribution in [2.45, 2.75) is 29.2 Å². The lowest BCUT2D eigenvalue weighted by Gasteiger charge is -2.15. The average Bonchev–Trinajstić information content (AvgIpc) is 3.18. The van der Waals surface area contributed by atoms with Gasteiger partial charge in [0.25, 0.3) is 5.91 Å². The summed E-state index contributed by atoms with van der Waals surface area (Å²) in [5.41, 5.74) is 0.532. The first kappa shape index (κ1) is 17.5. The van der Waals surface area contributed by atoms with Gasteiger partial charge >= 0.3 is 0 Å². The van der Waals surface area contributed by atoms with E-state index in [2.05, 4.69) is 10.3 Å². The van der Waals surface area contributed by atoms with E-state index in [1.807, 2.05) is 35.2 Å². The molecular weight excluding hydrogens is 334 g/mol. The topological polar surface area (TPSA) is 62.3 Å². The number of nitrogens with one attached hydrogen (secondary N) is 1. The number of carbonyl (C=O) groups excluding carboxylic acids is 2. The van der Waals surface area contributed by atoms with E-state index in [-0.39, 0.29) is 11.8 Å². The Morgan fingerprint density at radius 3 is 2.60 bits per heavy atom. The van der Waals surface area contributed by atoms with Gasteiger partial charge in [-0.25, -0.2) is 4.98 Å². The first-order valence-electron chi connectivity index (χ1n) is 8.48. The van der Waals surface area contributed by atoms with Crippen molar-refractivity contribution in [1.82, 2.24) is 15.2 Å². The van der Waals surface area contributed by atoms with E-state index in [9.17, 15) is 9.59 Å². The molecule has 5 nitrogen and oxygen atoms in total. The third-order valence-electron chi connectivity index (χ3n) is 4.06. The Labute approximate surface area is 151 Å². The summed E-state index contributed by atoms with van der Waals surface area (Å²) < 4.78 is 0. The first-order chi connectivity index (χ1) is 12.2. The fourth-order valence-electron chi connectivity index (χ4n) is 2.75. The van der Waals surface area contributed by atoms with Crippen LogP contribution in [0.5, 0.6) is 0 Å². The van der Waals surface area contributed by atoms with E-state index in [0.29, 0.717) is 23.6 Å². The van der Waals surface area contributed by atoms with E-state index < -0.39 is 0 Å². The van der Waals surface area contributed by atoms with Crippen LogP contribution >= 0.6 is 11.8 Å². The van der Waals surface area contributed by atoms with Gasteiger partial charge in [0, 0.05) is 37.1 Å². The Morgan fingerprint density at radius 1 is 1.08 bits per heavy atom. The maximum absolute atomic E-state index is 12.5. The zero-order valence-electron chi connectivity index (χ0n) is 14.0. The number of pyridine rings is 1. The number of likely N-dealkylation sites (tertiary alicyclic amines) is 1. The van der Waals surface area contributed by atoms with Crippen molar-refractivity contribution in [3.05, 3.63) is 54.2 Å². The van der Waals surface area contributed by atoms with E-state index in [1.54, 1.807) is 18.3 Å². The van der Waals surface area contributed by atoms with E-state index >= 15 is 0 Å². The average molecular weight is 355 g/mol. The molecule has 1 aliphatic heterocycles. The Balaban J connectivity index is 1.57. The molecule has 1 aromatic carbocycles. The van der Waals surface area contributed by atoms with Crippen LogP contribution in [0.15, 0.2) is 58.6 Å². The highest BCUT2D eigenvalue weighted by atomic mass is 32.2. The highest BCUT2D eigenvalue weighted by molar-refractivity contribution is 7.99. The maximum atomic E-state index is 12.5. The predicted molar refractivity (Wildman–Crippen MR) is 97.6 cm³/mol. The number of hydrogen-bond donors (Lipinski definition) is 1. The molecule has 0 spiro atoms. The van der Waals surface area contributed by atoms with Gasteiger partial charge in [-0.3, -0.25) is 9.59 Å². The summed E-state index contributed by atoms with van der Waals surface area (Å²) in [6, 6.07) is 13.3. The van der Waals surface area contributed by atoms with Crippen LogP contribution in [0.1, 0.15) is 29.6 Å². The molecular formula is C19H21N3O2S. The second-order valence-electron chi connectivity index (χ2n) is 5.87. The molecule has 25 heavy (non-hydrogen) atoms. The molecule has 2 aromatic rings. The largest absolute Gasteiger partial charge is 0.351 e. The molecule has 3 rings (SSSR count). The molecule has 1 aromatic heterocycles. The van der Waals surface area contributed by atoms with Crippen molar-refractivity contribution in [1.29, 1.82) is 0 Å². The van der Waals surface area contributed by atoms with E-state index in [1.165, 1.54) is 11.8 Å². The second-order valence-corrected chi connectivity index (χ2v) is 6.93. The molecule has 1 saturated heterocycles. The summed E-state index contributed by atoms with van der Waals surface area (Å²) >= 11 is 1.46. The fourth-order valence-corrected chi connectivity index (χ4v) is 3.65. The SMILES string of the molecule is O=C(NCCC(=O)N1CCCC1)c1cccnc1Sc1ccccc1. The molecule has 1 N–H and O–H groups in total. The molecule has 0 aliphatic carbocycles. The number of aromatic nitrogens is 1. The highest BCUT2D eigenvalue weighted by Gasteiger charge is 2.18. The zero-order chi connectivity index (χ0) is 17.5. The highest BCUT2D eigenvalue weighted by Crippen LogP contribution is 2.28. The molecule has 1 fully saturated rings. The smallest absolute Gasteiger partial charge is 0.254 e. The van der Waals surface area contributed by atoms with Crippen LogP contribution in [-0.4, -0.2) is 41.3 Å². The summed E-state index contributed by atoms with van der Waals surface area (Å²) in [5, 5.41) is 3.50. The van der Waals surface area contributed by atoms with Gasteiger partial charge in [0.05, 0.1) is 5.56 Å². The molecule has 1 aliphatic rings. The van der Waals surface area contributed by atoms with Gasteiger partial charge in [0.15, 0.2) is 0 Å². The maximum Gasteiger partial charge on any atom is 0.254 e. The van der Waals surface area contributed by atoms with Crippen LogP contribution in [-0.2, 0) is 4.79 Å². The van der Waals surface area contributed by atoms with Crippen molar-refractivity contribution in [2.24, 2.45) is 0 Å². The fraction of sp³-hybridized carbons (Fsp3) is 0.316. The first-order valence-corrected chi connectivity index (χ1v) is 9.29. The minimum atomic E-state index is -0.194. The Kier molecular flexibility index (Phi) is 6.06. The molecule has 6 heteroatoms. The van der Waals surface area contributed by atoms with Crippen LogP contribution in [0.4, 0.5) is 0 Å². The third-order valence-corrected chi connectivity index (χ3v) is 5.08. The van der Waals surface area contributed by atoms with E-state index in [4.69, 9.17) is 0 Å². The summed E-state index contributed by atoms with van der Waals surface area (Å²) in [7, 11) is 0. The lowest BCUT2D eigenvalue weighted by Crippen LogP contribution is -2.32. The van der Waals surface area contributed by atoms with Gasteiger partial charge in [-0.15, -0.1) is 0 Å². The van der Waals surface area contributed by atoms with Crippen LogP contribution in [0.3, 0.4) is 0 Å². The number of nitrogens with zero attached hydrogens (tertiary/aromatic N) is 2. The van der Waals surface area contributed by atoms with Crippen molar-refractivity contribution in [3.63, 3.8) is 0 Å². The van der Waals surface area contributed by atoms with Crippen LogP contribution in [0, 0.1) is 0 Å². The van der Waals surface area contributed by atoms with Gasteiger partial charge in [-0.2, -0.15) is 0 Å². The molecule has 0 radical (unpaired) electrons. The Morgan fingerprint density at radius 2 is 1.84 bits per heavy atom. The van der Waals surface area contributed by atoms with Gasteiger partial charge in [-0.05, 0) is 37.1 Å². The summed E-state index contributed by atoms with van der Waals surface area (Å²) in [5.74, 6) is -0.0800. The van der Waals surface area contributed by atoms with Crippen molar-refractivity contribution in [2.75, 3.05) is 19.6 Å². The van der Waals surface area contributed by atoms with Gasteiger partial charge in [-0.1, -0.05) is 30.0 Å². The molecule has 0 unspecified atom stereocenters. The van der Waals surface area contributed by atoms with Gasteiger partial charge in [0.2, 0.25) is 5.91 Å². The number of benzene rings is 1. The molecule has 2 heterocycles. The van der Waals surface area contributed by atoms with Crippen molar-refractivity contribution >= 4 is 23.6 Å². The van der Waals surface area contributed by atoms with Crippen molar-refractivity contribution < 1.29 is 9.59 Å². The Bertz CT molecular complexity index is 730. The Hall–Kier alpha value is -2.34. The molecule has 130 valence electrons. The summed E-state index contributed by atoms with van der Waals surface area (Å²) in [4.78, 5) is 31.7. The lowest BCUT2D eigenvalue weighted by atomic mass is 10.2. The van der Waals surface area contributed by atoms with Gasteiger partial charge < -0.3 is 10.2 Å². The van der Waals surface area contributed by atoms with Gasteiger partial charge in [0.1, 0.15) is 5.03 Å². The molecule has 0 saturated carbocycles. The summed E-state index contributed by atoms with van der Waals surface area (Å²) in [6.45, 7) is 2.03. The third kappa shape index (κ3) is 4.82. The molecule has 0 bridgehead atoms. The van der Waals surface area contributed by atoms with E-state index in [0.717, 1.165) is 30.8 Å². The summed E-state index contributed by atoms with van der Waals surface area (Å²) in [6.07, 6.45) is 4.17. The quantitative estimate of drug-likeness (QED) is 0.865. The number of rotatable bonds is 6. The second kappa shape index (κ2) is 8.67. The normalized spacial score (nSPS) is 13.7. The van der Waals surface area contributed by atoms with Crippen LogP contribution < -0.4 is 5.32 Å². The zero-order valence-corrected chi connectivity index (χ0v) is 14.8. The number of hydrogen-bond acceptors (Lipinski definition) is 4.